The highest BCUT2D eigenvalue weighted by Crippen LogP contribution is 2.30. The zero-order valence-corrected chi connectivity index (χ0v) is 42.7. The molecule has 0 aliphatic carbocycles. The minimum atomic E-state index is -1.80. The zero-order valence-electron chi connectivity index (χ0n) is 42.7. The minimum Gasteiger partial charge on any atom is -0.394 e. The lowest BCUT2D eigenvalue weighted by molar-refractivity contribution is -0.359. The van der Waals surface area contributed by atoms with Gasteiger partial charge in [-0.3, -0.25) is 4.79 Å². The fraction of sp³-hybridized carbons (Fsp3) is 0.632. The zero-order chi connectivity index (χ0) is 51.7. The van der Waals surface area contributed by atoms with Crippen LogP contribution in [0.5, 0.6) is 0 Å². The van der Waals surface area contributed by atoms with E-state index in [1.165, 1.54) is 12.8 Å². The standard InChI is InChI=1S/C57H91NO13/c1-3-5-7-9-11-13-15-17-18-19-20-21-22-23-24-25-26-27-28-29-31-33-35-37-39-41-49(62)58-45(46(61)40-38-36-34-32-30-16-14-12-10-8-6-4-2)44-68-56-54(67)52(65)55(48(43-60)70-56)71-57-53(66)51(64)50(63)47(42-59)69-57/h5,7,10-13,17-18,20-21,23-24,26-27,29-32,38,40,45-48,50-57,59-61,63-67H,3-4,6,8-9,14-16,19,22,25,28,33-37,39,41-44H2,1-2H3,(H,58,62)/b7-5-,12-10+,13-11-,18-17-,21-20-,24-23-,27-26-,31-29-,32-30+,40-38+. The Kier molecular flexibility index (Phi) is 37.4. The number of ether oxygens (including phenoxy) is 4. The molecule has 12 atom stereocenters. The van der Waals surface area contributed by atoms with Gasteiger partial charge in [0.25, 0.3) is 0 Å². The first-order chi connectivity index (χ1) is 34.6. The first kappa shape index (κ1) is 63.5. The summed E-state index contributed by atoms with van der Waals surface area (Å²) in [4.78, 5) is 13.2. The van der Waals surface area contributed by atoms with Gasteiger partial charge in [0.1, 0.15) is 48.8 Å². The van der Waals surface area contributed by atoms with Gasteiger partial charge in [0.2, 0.25) is 5.91 Å². The fourth-order valence-corrected chi connectivity index (χ4v) is 7.58. The molecule has 14 nitrogen and oxygen atoms in total. The molecular weight excluding hydrogens is 907 g/mol. The highest BCUT2D eigenvalue weighted by atomic mass is 16.7. The van der Waals surface area contributed by atoms with Crippen molar-refractivity contribution in [3.05, 3.63) is 122 Å². The molecule has 1 amide bonds. The quantitative estimate of drug-likeness (QED) is 0.0216. The van der Waals surface area contributed by atoms with Crippen LogP contribution in [0.1, 0.15) is 136 Å². The summed E-state index contributed by atoms with van der Waals surface area (Å²) < 4.78 is 22.6. The number of aliphatic hydroxyl groups excluding tert-OH is 8. The average Bonchev–Trinajstić information content (AvgIpc) is 3.37. The third-order valence-corrected chi connectivity index (χ3v) is 11.9. The maximum Gasteiger partial charge on any atom is 0.220 e. The second-order valence-corrected chi connectivity index (χ2v) is 17.9. The van der Waals surface area contributed by atoms with Gasteiger partial charge in [-0.2, -0.15) is 0 Å². The largest absolute Gasteiger partial charge is 0.394 e. The lowest BCUT2D eigenvalue weighted by Gasteiger charge is -2.46. The van der Waals surface area contributed by atoms with Gasteiger partial charge in [-0.05, 0) is 96.3 Å². The van der Waals surface area contributed by atoms with Crippen LogP contribution >= 0.6 is 0 Å². The molecule has 2 fully saturated rings. The number of rotatable bonds is 38. The summed E-state index contributed by atoms with van der Waals surface area (Å²) in [7, 11) is 0. The monoisotopic (exact) mass is 998 g/mol. The van der Waals surface area contributed by atoms with E-state index in [-0.39, 0.29) is 18.9 Å². The maximum atomic E-state index is 13.2. The molecule has 2 aliphatic heterocycles. The van der Waals surface area contributed by atoms with Gasteiger partial charge in [0.05, 0.1) is 32.0 Å². The molecule has 12 unspecified atom stereocenters. The van der Waals surface area contributed by atoms with Crippen LogP contribution in [0.15, 0.2) is 122 Å². The molecule has 0 aromatic rings. The fourth-order valence-electron chi connectivity index (χ4n) is 7.58. The average molecular weight is 998 g/mol. The van der Waals surface area contributed by atoms with Gasteiger partial charge in [-0.1, -0.05) is 155 Å². The Balaban J connectivity index is 1.83. The second kappa shape index (κ2) is 41.8. The minimum absolute atomic E-state index is 0.221. The van der Waals surface area contributed by atoms with E-state index in [2.05, 4.69) is 129 Å². The van der Waals surface area contributed by atoms with Gasteiger partial charge >= 0.3 is 0 Å². The van der Waals surface area contributed by atoms with Crippen molar-refractivity contribution in [3.8, 4) is 0 Å². The topological polar surface area (TPSA) is 228 Å². The number of allylic oxidation sites excluding steroid dienone is 19. The Labute approximate surface area is 425 Å². The Morgan fingerprint density at radius 1 is 0.521 bits per heavy atom. The highest BCUT2D eigenvalue weighted by molar-refractivity contribution is 5.76. The van der Waals surface area contributed by atoms with E-state index < -0.39 is 86.8 Å². The molecule has 2 rings (SSSR count). The smallest absolute Gasteiger partial charge is 0.220 e. The summed E-state index contributed by atoms with van der Waals surface area (Å²) in [6, 6.07) is -0.964. The summed E-state index contributed by atoms with van der Waals surface area (Å²) in [5.74, 6) is -0.294. The summed E-state index contributed by atoms with van der Waals surface area (Å²) in [6.07, 6.45) is 42.4. The molecule has 2 heterocycles. The lowest BCUT2D eigenvalue weighted by Crippen LogP contribution is -2.65. The summed E-state index contributed by atoms with van der Waals surface area (Å²) in [5, 5.41) is 86.7. The van der Waals surface area contributed by atoms with Crippen LogP contribution in [0.4, 0.5) is 0 Å². The highest BCUT2D eigenvalue weighted by Gasteiger charge is 2.51. The van der Waals surface area contributed by atoms with Crippen LogP contribution in [0, 0.1) is 0 Å². The van der Waals surface area contributed by atoms with Crippen molar-refractivity contribution >= 4 is 5.91 Å². The number of amides is 1. The first-order valence-corrected chi connectivity index (χ1v) is 26.3. The van der Waals surface area contributed by atoms with Crippen molar-refractivity contribution < 1.29 is 64.6 Å². The van der Waals surface area contributed by atoms with Crippen LogP contribution in [0.2, 0.25) is 0 Å². The van der Waals surface area contributed by atoms with E-state index in [1.54, 1.807) is 6.08 Å². The van der Waals surface area contributed by atoms with E-state index in [4.69, 9.17) is 18.9 Å². The first-order valence-electron chi connectivity index (χ1n) is 26.3. The van der Waals surface area contributed by atoms with E-state index in [1.807, 2.05) is 6.08 Å². The van der Waals surface area contributed by atoms with Crippen LogP contribution in [-0.4, -0.2) is 140 Å². The molecule has 0 saturated carbocycles. The van der Waals surface area contributed by atoms with Gasteiger partial charge in [-0.25, -0.2) is 0 Å². The molecule has 0 bridgehead atoms. The van der Waals surface area contributed by atoms with Crippen molar-refractivity contribution in [2.75, 3.05) is 19.8 Å². The third-order valence-electron chi connectivity index (χ3n) is 11.9. The van der Waals surface area contributed by atoms with Gasteiger partial charge < -0.3 is 65.1 Å². The molecule has 0 spiro atoms. The van der Waals surface area contributed by atoms with E-state index in [0.29, 0.717) is 12.8 Å². The molecule has 71 heavy (non-hydrogen) atoms. The molecule has 402 valence electrons. The van der Waals surface area contributed by atoms with Crippen molar-refractivity contribution in [1.82, 2.24) is 5.32 Å². The number of carbonyl (C=O) groups is 1. The molecule has 2 saturated heterocycles. The van der Waals surface area contributed by atoms with Crippen molar-refractivity contribution in [3.63, 3.8) is 0 Å². The van der Waals surface area contributed by atoms with Crippen LogP contribution in [-0.2, 0) is 23.7 Å². The number of hydrogen-bond donors (Lipinski definition) is 9. The third kappa shape index (κ3) is 28.4. The normalized spacial score (nSPS) is 26.8. The van der Waals surface area contributed by atoms with Gasteiger partial charge in [0, 0.05) is 6.42 Å². The Morgan fingerprint density at radius 2 is 0.986 bits per heavy atom. The van der Waals surface area contributed by atoms with E-state index in [0.717, 1.165) is 89.9 Å². The van der Waals surface area contributed by atoms with Gasteiger partial charge in [0.15, 0.2) is 12.6 Å². The molecule has 0 aromatic heterocycles. The SMILES string of the molecule is CC/C=C\C/C=C\C/C=C\C/C=C\C/C=C\C/C=C\C/C=C\CCCCCC(=O)NC(COC1OC(CO)C(OC2OC(CO)C(O)C(O)C2O)C(O)C1O)C(O)/C=C/CC/C=C/CC/C=C/CCCC. The summed E-state index contributed by atoms with van der Waals surface area (Å²) in [6.45, 7) is 2.53. The van der Waals surface area contributed by atoms with Crippen molar-refractivity contribution in [2.45, 2.75) is 209 Å². The van der Waals surface area contributed by atoms with E-state index in [9.17, 15) is 45.6 Å². The molecule has 9 N–H and O–H groups in total. The summed E-state index contributed by atoms with van der Waals surface area (Å²) in [5.41, 5.74) is 0. The van der Waals surface area contributed by atoms with E-state index >= 15 is 0 Å². The number of carbonyl (C=O) groups excluding carboxylic acids is 1. The molecule has 0 radical (unpaired) electrons. The van der Waals surface area contributed by atoms with Crippen LogP contribution in [0.3, 0.4) is 0 Å². The lowest BCUT2D eigenvalue weighted by atomic mass is 9.97. The molecule has 14 heteroatoms. The van der Waals surface area contributed by atoms with Crippen LogP contribution in [0.25, 0.3) is 0 Å². The molecule has 2 aliphatic rings. The Bertz CT molecular complexity index is 1650. The van der Waals surface area contributed by atoms with Gasteiger partial charge in [-0.15, -0.1) is 0 Å². The van der Waals surface area contributed by atoms with Crippen LogP contribution < -0.4 is 5.32 Å². The number of nitrogens with one attached hydrogen (secondary N) is 1. The Hall–Kier alpha value is -3.61. The maximum absolute atomic E-state index is 13.2. The second-order valence-electron chi connectivity index (χ2n) is 17.9. The molecule has 0 aromatic carbocycles. The predicted octanol–water partition coefficient (Wildman–Crippen LogP) is 7.49. The number of aliphatic hydroxyl groups is 8. The van der Waals surface area contributed by atoms with Crippen molar-refractivity contribution in [1.29, 1.82) is 0 Å². The Morgan fingerprint density at radius 3 is 1.52 bits per heavy atom. The van der Waals surface area contributed by atoms with Crippen molar-refractivity contribution in [2.24, 2.45) is 0 Å². The summed E-state index contributed by atoms with van der Waals surface area (Å²) >= 11 is 0. The number of unbranched alkanes of at least 4 members (excludes halogenated alkanes) is 7. The predicted molar refractivity (Wildman–Crippen MR) is 281 cm³/mol. The molecular formula is C57H91NO13. The number of hydrogen-bond acceptors (Lipinski definition) is 13.